The molecule has 0 unspecified atom stereocenters. The molecule has 1 atom stereocenters. The van der Waals surface area contributed by atoms with Crippen molar-refractivity contribution in [2.45, 2.75) is 26.3 Å². The maximum absolute atomic E-state index is 10.6. The molecule has 0 aromatic heterocycles. The summed E-state index contributed by atoms with van der Waals surface area (Å²) in [5.74, 6) is 0. The van der Waals surface area contributed by atoms with Gasteiger partial charge in [0.15, 0.2) is 0 Å². The molecule has 2 N–H and O–H groups in total. The molecule has 0 spiro atoms. The van der Waals surface area contributed by atoms with Gasteiger partial charge in [0.2, 0.25) is 0 Å². The van der Waals surface area contributed by atoms with E-state index in [0.717, 1.165) is 12.0 Å². The Morgan fingerprint density at radius 3 is 2.71 bits per heavy atom. The van der Waals surface area contributed by atoms with Gasteiger partial charge in [-0.15, -0.1) is 0 Å². The average Bonchev–Trinajstić information content (AvgIpc) is 2.16. The Morgan fingerprint density at radius 1 is 1.57 bits per heavy atom. The Morgan fingerprint density at radius 2 is 2.21 bits per heavy atom. The van der Waals surface area contributed by atoms with Crippen LogP contribution in [0.5, 0.6) is 0 Å². The van der Waals surface area contributed by atoms with Crippen LogP contribution in [0.2, 0.25) is 0 Å². The Kier molecular flexibility index (Phi) is 3.19. The topological polar surface area (TPSA) is 69.2 Å². The Balaban J connectivity index is 3.20. The van der Waals surface area contributed by atoms with Crippen LogP contribution in [0.4, 0.5) is 5.69 Å². The molecule has 0 fully saturated rings. The van der Waals surface area contributed by atoms with Gasteiger partial charge in [-0.2, -0.15) is 0 Å². The van der Waals surface area contributed by atoms with E-state index in [9.17, 15) is 10.1 Å². The van der Waals surface area contributed by atoms with Gasteiger partial charge in [-0.1, -0.05) is 19.1 Å². The summed E-state index contributed by atoms with van der Waals surface area (Å²) in [5.41, 5.74) is 7.52. The molecule has 1 aromatic rings. The van der Waals surface area contributed by atoms with Gasteiger partial charge < -0.3 is 5.73 Å². The summed E-state index contributed by atoms with van der Waals surface area (Å²) in [5, 5.41) is 10.6. The summed E-state index contributed by atoms with van der Waals surface area (Å²) in [6, 6.07) is 4.91. The molecule has 4 nitrogen and oxygen atoms in total. The number of benzene rings is 1. The van der Waals surface area contributed by atoms with Crippen molar-refractivity contribution in [3.05, 3.63) is 39.4 Å². The first-order valence-electron chi connectivity index (χ1n) is 4.57. The van der Waals surface area contributed by atoms with Gasteiger partial charge in [-0.3, -0.25) is 10.1 Å². The van der Waals surface area contributed by atoms with Gasteiger partial charge in [0, 0.05) is 17.7 Å². The lowest BCUT2D eigenvalue weighted by atomic mass is 9.99. The minimum absolute atomic E-state index is 0.116. The van der Waals surface area contributed by atoms with E-state index in [2.05, 4.69) is 0 Å². The van der Waals surface area contributed by atoms with Gasteiger partial charge in [0.05, 0.1) is 4.92 Å². The van der Waals surface area contributed by atoms with E-state index >= 15 is 0 Å². The summed E-state index contributed by atoms with van der Waals surface area (Å²) in [7, 11) is 0. The molecular formula is C10H14N2O2. The largest absolute Gasteiger partial charge is 0.324 e. The third-order valence-corrected chi connectivity index (χ3v) is 2.38. The zero-order valence-corrected chi connectivity index (χ0v) is 8.36. The molecule has 0 bridgehead atoms. The summed E-state index contributed by atoms with van der Waals surface area (Å²) in [4.78, 5) is 10.3. The van der Waals surface area contributed by atoms with E-state index in [1.807, 2.05) is 13.0 Å². The van der Waals surface area contributed by atoms with E-state index < -0.39 is 0 Å². The molecule has 0 saturated heterocycles. The highest BCUT2D eigenvalue weighted by Crippen LogP contribution is 2.25. The number of nitrogens with zero attached hydrogens (tertiary/aromatic N) is 1. The van der Waals surface area contributed by atoms with Crippen molar-refractivity contribution in [3.63, 3.8) is 0 Å². The number of rotatable bonds is 3. The van der Waals surface area contributed by atoms with E-state index in [-0.39, 0.29) is 16.7 Å². The van der Waals surface area contributed by atoms with Crippen LogP contribution in [0.3, 0.4) is 0 Å². The standard InChI is InChI=1S/C10H14N2O2/c1-3-9(11)8-5-4-6-10(7(8)2)12(13)14/h4-6,9H,3,11H2,1-2H3/t9-/m1/s1. The summed E-state index contributed by atoms with van der Waals surface area (Å²) < 4.78 is 0. The maximum Gasteiger partial charge on any atom is 0.272 e. The quantitative estimate of drug-likeness (QED) is 0.593. The van der Waals surface area contributed by atoms with Crippen LogP contribution in [-0.2, 0) is 0 Å². The smallest absolute Gasteiger partial charge is 0.272 e. The van der Waals surface area contributed by atoms with Crippen LogP contribution >= 0.6 is 0 Å². The zero-order chi connectivity index (χ0) is 10.7. The second-order valence-corrected chi connectivity index (χ2v) is 3.26. The molecule has 4 heteroatoms. The fourth-order valence-corrected chi connectivity index (χ4v) is 1.46. The van der Waals surface area contributed by atoms with Crippen molar-refractivity contribution in [2.24, 2.45) is 5.73 Å². The molecular weight excluding hydrogens is 180 g/mol. The summed E-state index contributed by atoms with van der Waals surface area (Å²) in [6.45, 7) is 3.70. The van der Waals surface area contributed by atoms with E-state index in [0.29, 0.717) is 5.56 Å². The summed E-state index contributed by atoms with van der Waals surface area (Å²) in [6.07, 6.45) is 0.780. The van der Waals surface area contributed by atoms with Gasteiger partial charge in [-0.25, -0.2) is 0 Å². The molecule has 76 valence electrons. The Bertz CT molecular complexity index is 350. The third-order valence-electron chi connectivity index (χ3n) is 2.38. The average molecular weight is 194 g/mol. The maximum atomic E-state index is 10.6. The number of hydrogen-bond donors (Lipinski definition) is 1. The van der Waals surface area contributed by atoms with Crippen LogP contribution in [0, 0.1) is 17.0 Å². The van der Waals surface area contributed by atoms with Crippen LogP contribution in [0.1, 0.15) is 30.5 Å². The van der Waals surface area contributed by atoms with E-state index in [1.165, 1.54) is 6.07 Å². The van der Waals surface area contributed by atoms with Crippen molar-refractivity contribution in [1.29, 1.82) is 0 Å². The predicted molar refractivity (Wildman–Crippen MR) is 55.1 cm³/mol. The Hall–Kier alpha value is -1.42. The van der Waals surface area contributed by atoms with Crippen molar-refractivity contribution in [1.82, 2.24) is 0 Å². The first kappa shape index (κ1) is 10.7. The lowest BCUT2D eigenvalue weighted by molar-refractivity contribution is -0.385. The highest BCUT2D eigenvalue weighted by Gasteiger charge is 2.15. The SMILES string of the molecule is CC[C@@H](N)c1cccc([N+](=O)[O-])c1C. The minimum atomic E-state index is -0.374. The predicted octanol–water partition coefficient (Wildman–Crippen LogP) is 2.31. The molecule has 1 rings (SSSR count). The van der Waals surface area contributed by atoms with Crippen molar-refractivity contribution in [2.75, 3.05) is 0 Å². The number of nitro groups is 1. The molecule has 0 aliphatic heterocycles. The monoisotopic (exact) mass is 194 g/mol. The van der Waals surface area contributed by atoms with Crippen LogP contribution < -0.4 is 5.73 Å². The Labute approximate surface area is 82.9 Å². The molecule has 1 aromatic carbocycles. The second kappa shape index (κ2) is 4.19. The number of nitrogens with two attached hydrogens (primary N) is 1. The number of hydrogen-bond acceptors (Lipinski definition) is 3. The highest BCUT2D eigenvalue weighted by molar-refractivity contribution is 5.45. The molecule has 0 amide bonds. The van der Waals surface area contributed by atoms with E-state index in [4.69, 9.17) is 5.73 Å². The molecule has 0 aliphatic rings. The second-order valence-electron chi connectivity index (χ2n) is 3.26. The minimum Gasteiger partial charge on any atom is -0.324 e. The van der Waals surface area contributed by atoms with Crippen molar-refractivity contribution >= 4 is 5.69 Å². The molecule has 14 heavy (non-hydrogen) atoms. The van der Waals surface area contributed by atoms with Gasteiger partial charge in [-0.05, 0) is 18.9 Å². The molecule has 0 heterocycles. The first-order valence-corrected chi connectivity index (χ1v) is 4.57. The lowest BCUT2D eigenvalue weighted by Crippen LogP contribution is -2.11. The van der Waals surface area contributed by atoms with Crippen LogP contribution in [-0.4, -0.2) is 4.92 Å². The normalized spacial score (nSPS) is 12.5. The first-order chi connectivity index (χ1) is 6.57. The fourth-order valence-electron chi connectivity index (χ4n) is 1.46. The van der Waals surface area contributed by atoms with Gasteiger partial charge >= 0.3 is 0 Å². The molecule has 0 saturated carbocycles. The van der Waals surface area contributed by atoms with Crippen molar-refractivity contribution < 1.29 is 4.92 Å². The van der Waals surface area contributed by atoms with Gasteiger partial charge in [0.1, 0.15) is 0 Å². The number of nitro benzene ring substituents is 1. The van der Waals surface area contributed by atoms with Crippen molar-refractivity contribution in [3.8, 4) is 0 Å². The third kappa shape index (κ3) is 1.90. The van der Waals surface area contributed by atoms with Crippen LogP contribution in [0.15, 0.2) is 18.2 Å². The van der Waals surface area contributed by atoms with E-state index in [1.54, 1.807) is 13.0 Å². The zero-order valence-electron chi connectivity index (χ0n) is 8.36. The fraction of sp³-hybridized carbons (Fsp3) is 0.400. The van der Waals surface area contributed by atoms with Crippen LogP contribution in [0.25, 0.3) is 0 Å². The lowest BCUT2D eigenvalue weighted by Gasteiger charge is -2.11. The van der Waals surface area contributed by atoms with Gasteiger partial charge in [0.25, 0.3) is 5.69 Å². The highest BCUT2D eigenvalue weighted by atomic mass is 16.6. The molecule has 0 aliphatic carbocycles. The summed E-state index contributed by atoms with van der Waals surface area (Å²) >= 11 is 0. The molecule has 0 radical (unpaired) electrons.